The highest BCUT2D eigenvalue weighted by Crippen LogP contribution is 2.64. The number of carbonyl (C=O) groups is 1. The van der Waals surface area contributed by atoms with Crippen LogP contribution in [0.15, 0.2) is 11.1 Å². The maximum Gasteiger partial charge on any atom is 0.159 e. The number of hydrogen-bond acceptors (Lipinski definition) is 1. The molecule has 0 spiro atoms. The molecule has 1 fully saturated rings. The molecule has 0 radical (unpaired) electrons. The highest BCUT2D eigenvalue weighted by Gasteiger charge is 2.59. The van der Waals surface area contributed by atoms with Crippen molar-refractivity contribution in [1.82, 2.24) is 0 Å². The first-order chi connectivity index (χ1) is 6.50. The zero-order chi connectivity index (χ0) is 10.5. The summed E-state index contributed by atoms with van der Waals surface area (Å²) in [6.45, 7) is 8.98. The third-order valence-electron chi connectivity index (χ3n) is 4.29. The predicted octanol–water partition coefficient (Wildman–Crippen LogP) is 3.35. The lowest BCUT2D eigenvalue weighted by molar-refractivity contribution is -0.115. The Balaban J connectivity index is 2.26. The van der Waals surface area contributed by atoms with Gasteiger partial charge >= 0.3 is 0 Å². The molecule has 2 aliphatic carbocycles. The van der Waals surface area contributed by atoms with Crippen molar-refractivity contribution in [3.63, 3.8) is 0 Å². The lowest BCUT2D eigenvalue weighted by Gasteiger charge is -2.04. The summed E-state index contributed by atoms with van der Waals surface area (Å²) in [6.07, 6.45) is 2.99. The van der Waals surface area contributed by atoms with E-state index in [0.29, 0.717) is 17.1 Å². The molecule has 1 heteroatoms. The van der Waals surface area contributed by atoms with Gasteiger partial charge in [-0.1, -0.05) is 32.8 Å². The van der Waals surface area contributed by atoms with Crippen LogP contribution in [0.2, 0.25) is 0 Å². The van der Waals surface area contributed by atoms with Crippen molar-refractivity contribution in [1.29, 1.82) is 0 Å². The maximum absolute atomic E-state index is 11.8. The third kappa shape index (κ3) is 1.18. The van der Waals surface area contributed by atoms with E-state index in [1.807, 2.05) is 0 Å². The SMILES string of the molecule is CCC1C(C2=C(C)CCC2=O)C1(C)C. The average molecular weight is 192 g/mol. The van der Waals surface area contributed by atoms with E-state index in [2.05, 4.69) is 27.7 Å². The first kappa shape index (κ1) is 9.95. The molecule has 0 bridgehead atoms. The van der Waals surface area contributed by atoms with Crippen LogP contribution in [0.5, 0.6) is 0 Å². The van der Waals surface area contributed by atoms with Gasteiger partial charge in [0.1, 0.15) is 0 Å². The molecule has 2 unspecified atom stereocenters. The second kappa shape index (κ2) is 2.95. The number of carbonyl (C=O) groups excluding carboxylic acids is 1. The molecule has 0 N–H and O–H groups in total. The molecular formula is C13H20O. The number of hydrogen-bond donors (Lipinski definition) is 0. The Morgan fingerprint density at radius 1 is 1.36 bits per heavy atom. The summed E-state index contributed by atoms with van der Waals surface area (Å²) in [5, 5.41) is 0. The van der Waals surface area contributed by atoms with Gasteiger partial charge in [-0.25, -0.2) is 0 Å². The van der Waals surface area contributed by atoms with Crippen molar-refractivity contribution in [2.24, 2.45) is 17.3 Å². The van der Waals surface area contributed by atoms with Crippen molar-refractivity contribution in [3.05, 3.63) is 11.1 Å². The Morgan fingerprint density at radius 3 is 2.36 bits per heavy atom. The molecule has 1 nitrogen and oxygen atoms in total. The molecule has 2 atom stereocenters. The summed E-state index contributed by atoms with van der Waals surface area (Å²) in [6, 6.07) is 0. The fraction of sp³-hybridized carbons (Fsp3) is 0.769. The standard InChI is InChI=1S/C13H20O/c1-5-9-12(13(9,3)4)11-8(2)6-7-10(11)14/h9,12H,5-7H2,1-4H3. The van der Waals surface area contributed by atoms with E-state index in [-0.39, 0.29) is 0 Å². The predicted molar refractivity (Wildman–Crippen MR) is 58.0 cm³/mol. The van der Waals surface area contributed by atoms with Gasteiger partial charge in [0.15, 0.2) is 5.78 Å². The molecular weight excluding hydrogens is 172 g/mol. The van der Waals surface area contributed by atoms with Gasteiger partial charge < -0.3 is 0 Å². The van der Waals surface area contributed by atoms with Crippen LogP contribution in [-0.2, 0) is 4.79 Å². The first-order valence-electron chi connectivity index (χ1n) is 5.73. The van der Waals surface area contributed by atoms with Gasteiger partial charge in [0.25, 0.3) is 0 Å². The topological polar surface area (TPSA) is 17.1 Å². The Labute approximate surface area is 86.6 Å². The van der Waals surface area contributed by atoms with E-state index in [0.717, 1.165) is 18.8 Å². The molecule has 1 saturated carbocycles. The Bertz CT molecular complexity index is 309. The highest BCUT2D eigenvalue weighted by molar-refractivity contribution is 5.99. The molecule has 0 amide bonds. The summed E-state index contributed by atoms with van der Waals surface area (Å²) in [5.74, 6) is 1.74. The zero-order valence-electron chi connectivity index (χ0n) is 9.68. The average Bonchev–Trinajstić information content (AvgIpc) is 2.48. The highest BCUT2D eigenvalue weighted by atomic mass is 16.1. The summed E-state index contributed by atoms with van der Waals surface area (Å²) in [5.41, 5.74) is 2.94. The molecule has 0 aromatic carbocycles. The van der Waals surface area contributed by atoms with Crippen LogP contribution in [0.1, 0.15) is 47.0 Å². The lowest BCUT2D eigenvalue weighted by atomic mass is 10.00. The van der Waals surface area contributed by atoms with E-state index < -0.39 is 0 Å². The van der Waals surface area contributed by atoms with E-state index in [1.54, 1.807) is 0 Å². The summed E-state index contributed by atoms with van der Waals surface area (Å²) in [4.78, 5) is 11.8. The second-order valence-electron chi connectivity index (χ2n) is 5.43. The monoisotopic (exact) mass is 192 g/mol. The van der Waals surface area contributed by atoms with Crippen molar-refractivity contribution >= 4 is 5.78 Å². The van der Waals surface area contributed by atoms with E-state index >= 15 is 0 Å². The molecule has 2 rings (SSSR count). The number of allylic oxidation sites excluding steroid dienone is 2. The number of Topliss-reactive ketones (excluding diaryl/α,β-unsaturated/α-hetero) is 1. The summed E-state index contributed by atoms with van der Waals surface area (Å²) < 4.78 is 0. The number of ketones is 1. The largest absolute Gasteiger partial charge is 0.295 e. The van der Waals surface area contributed by atoms with Gasteiger partial charge in [-0.3, -0.25) is 4.79 Å². The Morgan fingerprint density at radius 2 is 2.00 bits per heavy atom. The quantitative estimate of drug-likeness (QED) is 0.655. The fourth-order valence-electron chi connectivity index (χ4n) is 3.33. The molecule has 78 valence electrons. The van der Waals surface area contributed by atoms with Gasteiger partial charge in [0.2, 0.25) is 0 Å². The molecule has 14 heavy (non-hydrogen) atoms. The minimum Gasteiger partial charge on any atom is -0.295 e. The second-order valence-corrected chi connectivity index (χ2v) is 5.43. The molecule has 0 saturated heterocycles. The van der Waals surface area contributed by atoms with Crippen LogP contribution in [-0.4, -0.2) is 5.78 Å². The maximum atomic E-state index is 11.8. The normalized spacial score (nSPS) is 35.3. The van der Waals surface area contributed by atoms with Crippen LogP contribution >= 0.6 is 0 Å². The van der Waals surface area contributed by atoms with E-state index in [1.165, 1.54) is 17.6 Å². The smallest absolute Gasteiger partial charge is 0.159 e. The molecule has 0 aromatic heterocycles. The minimum absolute atomic E-state index is 0.380. The third-order valence-corrected chi connectivity index (χ3v) is 4.29. The van der Waals surface area contributed by atoms with Crippen LogP contribution < -0.4 is 0 Å². The Hall–Kier alpha value is -0.590. The van der Waals surface area contributed by atoms with Crippen LogP contribution in [0.25, 0.3) is 0 Å². The van der Waals surface area contributed by atoms with Gasteiger partial charge in [0.05, 0.1) is 0 Å². The Kier molecular flexibility index (Phi) is 2.09. The summed E-state index contributed by atoms with van der Waals surface area (Å²) in [7, 11) is 0. The minimum atomic E-state index is 0.380. The van der Waals surface area contributed by atoms with Crippen LogP contribution in [0.4, 0.5) is 0 Å². The summed E-state index contributed by atoms with van der Waals surface area (Å²) >= 11 is 0. The van der Waals surface area contributed by atoms with Gasteiger partial charge in [0, 0.05) is 6.42 Å². The van der Waals surface area contributed by atoms with Crippen molar-refractivity contribution < 1.29 is 4.79 Å². The van der Waals surface area contributed by atoms with Crippen LogP contribution in [0, 0.1) is 17.3 Å². The van der Waals surface area contributed by atoms with Crippen molar-refractivity contribution in [2.75, 3.05) is 0 Å². The molecule has 2 aliphatic rings. The lowest BCUT2D eigenvalue weighted by Crippen LogP contribution is -2.02. The zero-order valence-corrected chi connectivity index (χ0v) is 9.68. The van der Waals surface area contributed by atoms with Crippen molar-refractivity contribution in [3.8, 4) is 0 Å². The van der Waals surface area contributed by atoms with E-state index in [9.17, 15) is 4.79 Å². The molecule has 0 aromatic rings. The first-order valence-corrected chi connectivity index (χ1v) is 5.73. The van der Waals surface area contributed by atoms with Gasteiger partial charge in [-0.15, -0.1) is 0 Å². The van der Waals surface area contributed by atoms with Crippen LogP contribution in [0.3, 0.4) is 0 Å². The molecule has 0 heterocycles. The van der Waals surface area contributed by atoms with Crippen molar-refractivity contribution in [2.45, 2.75) is 47.0 Å². The number of rotatable bonds is 2. The van der Waals surface area contributed by atoms with Gasteiger partial charge in [-0.2, -0.15) is 0 Å². The van der Waals surface area contributed by atoms with Gasteiger partial charge in [-0.05, 0) is 36.2 Å². The fourth-order valence-corrected chi connectivity index (χ4v) is 3.33. The molecule has 0 aliphatic heterocycles. The van der Waals surface area contributed by atoms with E-state index in [4.69, 9.17) is 0 Å².